The zero-order valence-corrected chi connectivity index (χ0v) is 13.3. The smallest absolute Gasteiger partial charge is 0.257 e. The predicted octanol–water partition coefficient (Wildman–Crippen LogP) is 3.72. The molecule has 0 aliphatic carbocycles. The monoisotopic (exact) mass is 325 g/mol. The fourth-order valence-electron chi connectivity index (χ4n) is 2.33. The molecule has 1 aromatic carbocycles. The first kappa shape index (κ1) is 14.4. The van der Waals surface area contributed by atoms with Crippen LogP contribution >= 0.6 is 15.9 Å². The fraction of sp³-hybridized carbons (Fsp3) is 0.533. The number of ether oxygens (including phenoxy) is 1. The van der Waals surface area contributed by atoms with Gasteiger partial charge in [0.2, 0.25) is 0 Å². The van der Waals surface area contributed by atoms with Crippen molar-refractivity contribution < 1.29 is 9.53 Å². The Kier molecular flexibility index (Phi) is 4.19. The molecule has 1 aromatic rings. The highest BCUT2D eigenvalue weighted by molar-refractivity contribution is 9.10. The summed E-state index contributed by atoms with van der Waals surface area (Å²) < 4.78 is 6.22. The van der Waals surface area contributed by atoms with Crippen LogP contribution in [0.1, 0.15) is 37.0 Å². The number of rotatable bonds is 2. The van der Waals surface area contributed by atoms with Crippen LogP contribution < -0.4 is 4.74 Å². The summed E-state index contributed by atoms with van der Waals surface area (Å²) >= 11 is 3.39. The molecule has 1 saturated heterocycles. The molecule has 2 rings (SSSR count). The van der Waals surface area contributed by atoms with Crippen LogP contribution in [0.3, 0.4) is 0 Å². The van der Waals surface area contributed by atoms with Crippen molar-refractivity contribution in [3.05, 3.63) is 28.2 Å². The summed E-state index contributed by atoms with van der Waals surface area (Å²) in [6, 6.07) is 5.54. The minimum Gasteiger partial charge on any atom is -0.496 e. The lowest BCUT2D eigenvalue weighted by Gasteiger charge is -2.37. The molecule has 4 heteroatoms. The van der Waals surface area contributed by atoms with Crippen LogP contribution in [0.25, 0.3) is 0 Å². The first-order chi connectivity index (χ1) is 8.93. The third-order valence-electron chi connectivity index (χ3n) is 3.80. The molecule has 19 heavy (non-hydrogen) atoms. The van der Waals surface area contributed by atoms with E-state index in [9.17, 15) is 4.79 Å². The molecule has 0 spiro atoms. The maximum Gasteiger partial charge on any atom is 0.257 e. The molecule has 0 unspecified atom stereocenters. The Morgan fingerprint density at radius 3 is 2.53 bits per heavy atom. The number of hydrogen-bond acceptors (Lipinski definition) is 2. The maximum atomic E-state index is 12.5. The first-order valence-corrected chi connectivity index (χ1v) is 7.35. The molecule has 0 N–H and O–H groups in total. The summed E-state index contributed by atoms with van der Waals surface area (Å²) in [7, 11) is 1.60. The summed E-state index contributed by atoms with van der Waals surface area (Å²) in [5.41, 5.74) is 0.992. The number of benzene rings is 1. The van der Waals surface area contributed by atoms with E-state index < -0.39 is 0 Å². The van der Waals surface area contributed by atoms with Gasteiger partial charge in [-0.2, -0.15) is 0 Å². The van der Waals surface area contributed by atoms with Gasteiger partial charge >= 0.3 is 0 Å². The van der Waals surface area contributed by atoms with Gasteiger partial charge in [-0.25, -0.2) is 0 Å². The topological polar surface area (TPSA) is 29.5 Å². The molecular formula is C15H20BrNO2. The Hall–Kier alpha value is -1.03. The molecule has 104 valence electrons. The first-order valence-electron chi connectivity index (χ1n) is 6.56. The Bertz CT molecular complexity index is 475. The zero-order chi connectivity index (χ0) is 14.0. The Labute approximate surface area is 123 Å². The summed E-state index contributed by atoms with van der Waals surface area (Å²) in [5, 5.41) is 0. The zero-order valence-electron chi connectivity index (χ0n) is 11.7. The van der Waals surface area contributed by atoms with Crippen molar-refractivity contribution in [2.45, 2.75) is 26.7 Å². The van der Waals surface area contributed by atoms with Crippen LogP contribution in [-0.4, -0.2) is 31.0 Å². The molecule has 1 aliphatic heterocycles. The van der Waals surface area contributed by atoms with Gasteiger partial charge in [-0.1, -0.05) is 29.8 Å². The number of piperidine rings is 1. The summed E-state index contributed by atoms with van der Waals surface area (Å²) in [6.07, 6.45) is 2.11. The van der Waals surface area contributed by atoms with Gasteiger partial charge in [0, 0.05) is 17.6 Å². The molecule has 1 fully saturated rings. The quantitative estimate of drug-likeness (QED) is 0.829. The minimum atomic E-state index is 0.0693. The molecule has 0 radical (unpaired) electrons. The summed E-state index contributed by atoms with van der Waals surface area (Å²) in [4.78, 5) is 14.5. The van der Waals surface area contributed by atoms with E-state index in [4.69, 9.17) is 4.74 Å². The second kappa shape index (κ2) is 5.53. The lowest BCUT2D eigenvalue weighted by atomic mass is 9.82. The van der Waals surface area contributed by atoms with Crippen LogP contribution in [0.4, 0.5) is 0 Å². The van der Waals surface area contributed by atoms with Crippen LogP contribution in [0.2, 0.25) is 0 Å². The van der Waals surface area contributed by atoms with Gasteiger partial charge in [0.05, 0.1) is 12.7 Å². The Balaban J connectivity index is 2.16. The number of carbonyl (C=O) groups excluding carboxylic acids is 1. The van der Waals surface area contributed by atoms with Crippen LogP contribution in [0.15, 0.2) is 22.7 Å². The highest BCUT2D eigenvalue weighted by atomic mass is 79.9. The molecule has 0 aromatic heterocycles. The van der Waals surface area contributed by atoms with E-state index in [1.54, 1.807) is 7.11 Å². The molecule has 1 amide bonds. The number of halogens is 1. The van der Waals surface area contributed by atoms with Crippen LogP contribution in [-0.2, 0) is 0 Å². The largest absolute Gasteiger partial charge is 0.496 e. The average Bonchev–Trinajstić information content (AvgIpc) is 2.37. The van der Waals surface area contributed by atoms with Gasteiger partial charge < -0.3 is 9.64 Å². The number of nitrogens with zero attached hydrogens (tertiary/aromatic N) is 1. The van der Waals surface area contributed by atoms with Crippen molar-refractivity contribution in [3.8, 4) is 5.75 Å². The molecular weight excluding hydrogens is 306 g/mol. The van der Waals surface area contributed by atoms with Crippen molar-refractivity contribution in [2.75, 3.05) is 20.2 Å². The number of methoxy groups -OCH3 is 1. The Morgan fingerprint density at radius 2 is 1.95 bits per heavy atom. The van der Waals surface area contributed by atoms with E-state index in [2.05, 4.69) is 29.8 Å². The maximum absolute atomic E-state index is 12.5. The highest BCUT2D eigenvalue weighted by Crippen LogP contribution is 2.31. The van der Waals surface area contributed by atoms with E-state index in [0.717, 1.165) is 30.4 Å². The number of carbonyl (C=O) groups is 1. The third kappa shape index (κ3) is 3.30. The van der Waals surface area contributed by atoms with Crippen molar-refractivity contribution in [3.63, 3.8) is 0 Å². The standard InChI is InChI=1S/C15H20BrNO2/c1-15(2)6-8-17(9-7-15)14(18)12-5-4-11(16)10-13(12)19-3/h4-5,10H,6-9H2,1-3H3. The van der Waals surface area contributed by atoms with Gasteiger partial charge in [-0.15, -0.1) is 0 Å². The van der Waals surface area contributed by atoms with Gasteiger partial charge in [0.1, 0.15) is 5.75 Å². The fourth-order valence-corrected chi connectivity index (χ4v) is 2.67. The molecule has 1 heterocycles. The summed E-state index contributed by atoms with van der Waals surface area (Å²) in [6.45, 7) is 6.17. The number of amides is 1. The van der Waals surface area contributed by atoms with Crippen molar-refractivity contribution in [1.82, 2.24) is 4.90 Å². The van der Waals surface area contributed by atoms with E-state index in [1.165, 1.54) is 0 Å². The van der Waals surface area contributed by atoms with E-state index in [1.807, 2.05) is 23.1 Å². The van der Waals surface area contributed by atoms with E-state index in [-0.39, 0.29) is 5.91 Å². The average molecular weight is 326 g/mol. The van der Waals surface area contributed by atoms with Crippen molar-refractivity contribution in [1.29, 1.82) is 0 Å². The molecule has 0 atom stereocenters. The molecule has 3 nitrogen and oxygen atoms in total. The normalized spacial score (nSPS) is 18.2. The SMILES string of the molecule is COc1cc(Br)ccc1C(=O)N1CCC(C)(C)CC1. The van der Waals surface area contributed by atoms with Crippen LogP contribution in [0.5, 0.6) is 5.75 Å². The van der Waals surface area contributed by atoms with Gasteiger partial charge in [-0.05, 0) is 36.5 Å². The van der Waals surface area contributed by atoms with Crippen LogP contribution in [0, 0.1) is 5.41 Å². The minimum absolute atomic E-state index is 0.0693. The number of hydrogen-bond donors (Lipinski definition) is 0. The second-order valence-electron chi connectivity index (χ2n) is 5.80. The van der Waals surface area contributed by atoms with E-state index >= 15 is 0 Å². The van der Waals surface area contributed by atoms with Crippen molar-refractivity contribution in [2.24, 2.45) is 5.41 Å². The van der Waals surface area contributed by atoms with Crippen molar-refractivity contribution >= 4 is 21.8 Å². The predicted molar refractivity (Wildman–Crippen MR) is 79.6 cm³/mol. The Morgan fingerprint density at radius 1 is 1.32 bits per heavy atom. The van der Waals surface area contributed by atoms with Gasteiger partial charge in [-0.3, -0.25) is 4.79 Å². The summed E-state index contributed by atoms with van der Waals surface area (Å²) in [5.74, 6) is 0.698. The highest BCUT2D eigenvalue weighted by Gasteiger charge is 2.29. The molecule has 1 aliphatic rings. The second-order valence-corrected chi connectivity index (χ2v) is 6.72. The van der Waals surface area contributed by atoms with Gasteiger partial charge in [0.25, 0.3) is 5.91 Å². The molecule has 0 bridgehead atoms. The lowest BCUT2D eigenvalue weighted by molar-refractivity contribution is 0.0627. The third-order valence-corrected chi connectivity index (χ3v) is 4.29. The lowest BCUT2D eigenvalue weighted by Crippen LogP contribution is -2.41. The van der Waals surface area contributed by atoms with E-state index in [0.29, 0.717) is 16.7 Å². The number of likely N-dealkylation sites (tertiary alicyclic amines) is 1. The van der Waals surface area contributed by atoms with Gasteiger partial charge in [0.15, 0.2) is 0 Å². The molecule has 0 saturated carbocycles.